The number of esters is 1. The molecule has 1 aliphatic heterocycles. The van der Waals surface area contributed by atoms with Crippen molar-refractivity contribution in [3.05, 3.63) is 30.4 Å². The van der Waals surface area contributed by atoms with Crippen molar-refractivity contribution in [2.45, 2.75) is 12.8 Å². The molecule has 2 atom stereocenters. The second kappa shape index (κ2) is 7.47. The zero-order chi connectivity index (χ0) is 19.7. The number of imide groups is 1. The van der Waals surface area contributed by atoms with Crippen molar-refractivity contribution >= 4 is 52.1 Å². The summed E-state index contributed by atoms with van der Waals surface area (Å²) in [6.07, 6.45) is 4.74. The Bertz CT molecular complexity index is 975. The zero-order valence-corrected chi connectivity index (χ0v) is 15.5. The topological polar surface area (TPSA) is 119 Å². The Kier molecular flexibility index (Phi) is 4.86. The van der Waals surface area contributed by atoms with Gasteiger partial charge in [-0.2, -0.15) is 8.75 Å². The highest BCUT2D eigenvalue weighted by atomic mass is 32.1. The maximum atomic E-state index is 12.3. The molecule has 2 aromatic rings. The number of ether oxygens (including phenoxy) is 1. The quantitative estimate of drug-likeness (QED) is 0.454. The van der Waals surface area contributed by atoms with E-state index in [0.29, 0.717) is 29.6 Å². The third kappa shape index (κ3) is 3.38. The van der Waals surface area contributed by atoms with Gasteiger partial charge in [0.25, 0.3) is 5.91 Å². The number of fused-ring (bicyclic) bond motifs is 2. The Labute approximate surface area is 163 Å². The van der Waals surface area contributed by atoms with Crippen molar-refractivity contribution in [1.29, 1.82) is 0 Å². The smallest absolute Gasteiger partial charge is 0.326 e. The molecule has 1 N–H and O–H groups in total. The predicted molar refractivity (Wildman–Crippen MR) is 99.1 cm³/mol. The van der Waals surface area contributed by atoms with Crippen molar-refractivity contribution in [3.8, 4) is 0 Å². The van der Waals surface area contributed by atoms with Crippen molar-refractivity contribution in [2.24, 2.45) is 11.8 Å². The van der Waals surface area contributed by atoms with Crippen LogP contribution in [0.1, 0.15) is 12.8 Å². The van der Waals surface area contributed by atoms with Gasteiger partial charge in [0.15, 0.2) is 6.61 Å². The van der Waals surface area contributed by atoms with Crippen molar-refractivity contribution in [2.75, 3.05) is 18.5 Å². The number of likely N-dealkylation sites (tertiary alicyclic amines) is 1. The molecule has 2 aliphatic rings. The van der Waals surface area contributed by atoms with Crippen molar-refractivity contribution in [3.63, 3.8) is 0 Å². The minimum absolute atomic E-state index is 0.358. The standard InChI is InChI=1S/C18H16N4O5S/c23-14(19-12-6-3-7-13-16(12)21-28-20-13)9-27-15(24)8-22-17(25)10-4-1-2-5-11(10)18(22)26/h1-3,6-7,10-11H,4-5,8-9H2,(H,19,23)/t10-,11-/m1/s1. The van der Waals surface area contributed by atoms with E-state index in [1.807, 2.05) is 12.2 Å². The fraction of sp³-hybridized carbons (Fsp3) is 0.333. The minimum Gasteiger partial charge on any atom is -0.454 e. The molecule has 10 heteroatoms. The SMILES string of the molecule is O=C(COC(=O)CN1C(=O)[C@@H]2CC=CC[C@H]2C1=O)Nc1cccc2nsnc12. The number of nitrogens with one attached hydrogen (secondary N) is 1. The first kappa shape index (κ1) is 18.2. The Hall–Kier alpha value is -3.14. The van der Waals surface area contributed by atoms with Gasteiger partial charge in [0.1, 0.15) is 17.6 Å². The minimum atomic E-state index is -0.808. The van der Waals surface area contributed by atoms with Crippen LogP contribution in [0.5, 0.6) is 0 Å². The molecule has 0 saturated carbocycles. The molecule has 0 radical (unpaired) electrons. The van der Waals surface area contributed by atoms with E-state index in [4.69, 9.17) is 4.74 Å². The summed E-state index contributed by atoms with van der Waals surface area (Å²) in [6, 6.07) is 5.16. The van der Waals surface area contributed by atoms with Crippen LogP contribution in [0.15, 0.2) is 30.4 Å². The first-order chi connectivity index (χ1) is 13.5. The van der Waals surface area contributed by atoms with Crippen LogP contribution in [0.25, 0.3) is 11.0 Å². The summed E-state index contributed by atoms with van der Waals surface area (Å²) in [6.45, 7) is -1.01. The molecule has 4 rings (SSSR count). The van der Waals surface area contributed by atoms with Crippen LogP contribution in [0.3, 0.4) is 0 Å². The van der Waals surface area contributed by atoms with E-state index < -0.39 is 36.9 Å². The third-order valence-corrected chi connectivity index (χ3v) is 5.35. The Morgan fingerprint density at radius 1 is 1.14 bits per heavy atom. The van der Waals surface area contributed by atoms with Gasteiger partial charge >= 0.3 is 5.97 Å². The van der Waals surface area contributed by atoms with Gasteiger partial charge in [-0.3, -0.25) is 24.1 Å². The number of hydrogen-bond donors (Lipinski definition) is 1. The molecule has 0 unspecified atom stereocenters. The molecule has 28 heavy (non-hydrogen) atoms. The van der Waals surface area contributed by atoms with Gasteiger partial charge in [-0.15, -0.1) is 0 Å². The van der Waals surface area contributed by atoms with Crippen molar-refractivity contribution < 1.29 is 23.9 Å². The second-order valence-corrected chi connectivity index (χ2v) is 7.09. The summed E-state index contributed by atoms with van der Waals surface area (Å²) in [4.78, 5) is 49.7. The fourth-order valence-corrected chi connectivity index (χ4v) is 3.99. The fourth-order valence-electron chi connectivity index (χ4n) is 3.44. The van der Waals surface area contributed by atoms with Gasteiger partial charge in [0, 0.05) is 0 Å². The summed E-state index contributed by atoms with van der Waals surface area (Å²) in [7, 11) is 0. The maximum Gasteiger partial charge on any atom is 0.326 e. The number of aromatic nitrogens is 2. The maximum absolute atomic E-state index is 12.3. The largest absolute Gasteiger partial charge is 0.454 e. The first-order valence-corrected chi connectivity index (χ1v) is 9.44. The van der Waals surface area contributed by atoms with Gasteiger partial charge in [-0.25, -0.2) is 0 Å². The molecule has 2 heterocycles. The molecular weight excluding hydrogens is 384 g/mol. The van der Waals surface area contributed by atoms with E-state index in [-0.39, 0.29) is 11.8 Å². The summed E-state index contributed by atoms with van der Waals surface area (Å²) < 4.78 is 13.1. The Morgan fingerprint density at radius 2 is 1.86 bits per heavy atom. The highest BCUT2D eigenvalue weighted by molar-refractivity contribution is 7.00. The molecule has 3 amide bonds. The summed E-state index contributed by atoms with van der Waals surface area (Å²) in [5.41, 5.74) is 1.67. The van der Waals surface area contributed by atoms with Crippen LogP contribution in [-0.2, 0) is 23.9 Å². The third-order valence-electron chi connectivity index (χ3n) is 4.81. The van der Waals surface area contributed by atoms with Gasteiger partial charge in [-0.1, -0.05) is 18.2 Å². The number of amides is 3. The molecule has 144 valence electrons. The lowest BCUT2D eigenvalue weighted by atomic mass is 9.85. The summed E-state index contributed by atoms with van der Waals surface area (Å²) >= 11 is 1.03. The van der Waals surface area contributed by atoms with Crippen LogP contribution >= 0.6 is 11.7 Å². The number of anilines is 1. The van der Waals surface area contributed by atoms with Gasteiger partial charge < -0.3 is 10.1 Å². The molecule has 1 fully saturated rings. The average Bonchev–Trinajstić information content (AvgIpc) is 3.27. The highest BCUT2D eigenvalue weighted by Gasteiger charge is 2.47. The molecular formula is C18H16N4O5S. The number of benzene rings is 1. The molecule has 0 bridgehead atoms. The molecule has 0 spiro atoms. The lowest BCUT2D eigenvalue weighted by Gasteiger charge is -2.14. The highest BCUT2D eigenvalue weighted by Crippen LogP contribution is 2.34. The van der Waals surface area contributed by atoms with Gasteiger partial charge in [-0.05, 0) is 25.0 Å². The number of allylic oxidation sites excluding steroid dienone is 2. The van der Waals surface area contributed by atoms with E-state index in [1.54, 1.807) is 18.2 Å². The predicted octanol–water partition coefficient (Wildman–Crippen LogP) is 1.12. The van der Waals surface area contributed by atoms with Gasteiger partial charge in [0.2, 0.25) is 11.8 Å². The summed E-state index contributed by atoms with van der Waals surface area (Å²) in [5.74, 6) is -2.88. The van der Waals surface area contributed by atoms with E-state index in [1.165, 1.54) is 0 Å². The van der Waals surface area contributed by atoms with Gasteiger partial charge in [0.05, 0.1) is 29.3 Å². The van der Waals surface area contributed by atoms with E-state index in [2.05, 4.69) is 14.1 Å². The normalized spacial score (nSPS) is 21.1. The number of hydrogen-bond acceptors (Lipinski definition) is 8. The van der Waals surface area contributed by atoms with E-state index in [0.717, 1.165) is 16.6 Å². The number of carbonyl (C=O) groups excluding carboxylic acids is 4. The second-order valence-electron chi connectivity index (χ2n) is 6.56. The van der Waals surface area contributed by atoms with E-state index in [9.17, 15) is 19.2 Å². The van der Waals surface area contributed by atoms with Crippen LogP contribution in [0.2, 0.25) is 0 Å². The van der Waals surface area contributed by atoms with Crippen LogP contribution in [-0.4, -0.2) is 50.5 Å². The number of nitrogens with zero attached hydrogens (tertiary/aromatic N) is 3. The van der Waals surface area contributed by atoms with Crippen molar-refractivity contribution in [1.82, 2.24) is 13.6 Å². The zero-order valence-electron chi connectivity index (χ0n) is 14.7. The molecule has 1 aromatic heterocycles. The average molecular weight is 400 g/mol. The number of carbonyl (C=O) groups is 4. The lowest BCUT2D eigenvalue weighted by molar-refractivity contribution is -0.154. The molecule has 1 saturated heterocycles. The Balaban J connectivity index is 1.31. The van der Waals surface area contributed by atoms with E-state index >= 15 is 0 Å². The monoisotopic (exact) mass is 400 g/mol. The molecule has 1 aromatic carbocycles. The van der Waals surface area contributed by atoms with Crippen LogP contribution in [0, 0.1) is 11.8 Å². The Morgan fingerprint density at radius 3 is 2.57 bits per heavy atom. The molecule has 1 aliphatic carbocycles. The molecule has 9 nitrogen and oxygen atoms in total. The number of rotatable bonds is 5. The van der Waals surface area contributed by atoms with Crippen LogP contribution in [0.4, 0.5) is 5.69 Å². The van der Waals surface area contributed by atoms with Crippen LogP contribution < -0.4 is 5.32 Å². The first-order valence-electron chi connectivity index (χ1n) is 8.71. The summed E-state index contributed by atoms with van der Waals surface area (Å²) in [5, 5.41) is 2.61. The lowest BCUT2D eigenvalue weighted by Crippen LogP contribution is -2.37.